The quantitative estimate of drug-likeness (QED) is 0.594. The number of carbonyl (C=O) groups excluding carboxylic acids is 2. The Hall–Kier alpha value is -1.68. The molecule has 0 saturated heterocycles. The summed E-state index contributed by atoms with van der Waals surface area (Å²) in [5.74, 6) is 0.992. The summed E-state index contributed by atoms with van der Waals surface area (Å²) in [5.41, 5.74) is 2.31. The number of allylic oxidation sites excluding steroid dienone is 5. The zero-order chi connectivity index (χ0) is 19.4. The molecule has 4 aliphatic carbocycles. The second-order valence-corrected chi connectivity index (χ2v) is 9.28. The zero-order valence-electron chi connectivity index (χ0n) is 16.5. The van der Waals surface area contributed by atoms with Gasteiger partial charge in [-0.15, -0.1) is 0 Å². The van der Waals surface area contributed by atoms with E-state index in [1.165, 1.54) is 18.1 Å². The second kappa shape index (κ2) is 6.44. The van der Waals surface area contributed by atoms with Gasteiger partial charge in [-0.05, 0) is 67.6 Å². The maximum Gasteiger partial charge on any atom is 0.302 e. The number of hydrogen-bond donors (Lipinski definition) is 1. The van der Waals surface area contributed by atoms with Crippen LogP contribution in [0.4, 0.5) is 0 Å². The Morgan fingerprint density at radius 2 is 2.11 bits per heavy atom. The zero-order valence-corrected chi connectivity index (χ0v) is 16.5. The van der Waals surface area contributed by atoms with Gasteiger partial charge < -0.3 is 9.84 Å². The molecule has 6 unspecified atom stereocenters. The van der Waals surface area contributed by atoms with Crippen LogP contribution >= 0.6 is 0 Å². The molecular formula is C23H30O4. The molecule has 27 heavy (non-hydrogen) atoms. The molecule has 4 rings (SSSR count). The predicted octanol–water partition coefficient (Wildman–Crippen LogP) is 3.75. The lowest BCUT2D eigenvalue weighted by molar-refractivity contribution is -0.139. The number of hydrogen-bond acceptors (Lipinski definition) is 4. The summed E-state index contributed by atoms with van der Waals surface area (Å²) < 4.78 is 5.13. The Labute approximate surface area is 161 Å². The molecule has 4 heteroatoms. The lowest BCUT2D eigenvalue weighted by atomic mass is 9.47. The van der Waals surface area contributed by atoms with Gasteiger partial charge >= 0.3 is 5.97 Å². The highest BCUT2D eigenvalue weighted by atomic mass is 16.5. The highest BCUT2D eigenvalue weighted by Crippen LogP contribution is 2.65. The molecule has 0 aromatic carbocycles. The van der Waals surface area contributed by atoms with Crippen LogP contribution in [0, 0.1) is 28.6 Å². The molecule has 0 aliphatic heterocycles. The first kappa shape index (κ1) is 18.7. The number of aliphatic hydroxyl groups is 1. The molecule has 3 fully saturated rings. The van der Waals surface area contributed by atoms with Gasteiger partial charge in [-0.3, -0.25) is 9.59 Å². The molecule has 0 amide bonds. The third-order valence-electron chi connectivity index (χ3n) is 7.96. The summed E-state index contributed by atoms with van der Waals surface area (Å²) in [5, 5.41) is 11.3. The van der Waals surface area contributed by atoms with Crippen molar-refractivity contribution in [1.82, 2.24) is 0 Å². The van der Waals surface area contributed by atoms with Crippen molar-refractivity contribution in [3.8, 4) is 0 Å². The monoisotopic (exact) mass is 370 g/mol. The summed E-state index contributed by atoms with van der Waals surface area (Å²) in [6.45, 7) is 6.25. The maximum atomic E-state index is 11.9. The highest BCUT2D eigenvalue weighted by molar-refractivity contribution is 6.01. The average molecular weight is 370 g/mol. The number of rotatable bonds is 2. The fraction of sp³-hybridized carbons (Fsp3) is 0.652. The number of ether oxygens (including phenoxy) is 1. The van der Waals surface area contributed by atoms with E-state index in [-0.39, 0.29) is 28.5 Å². The van der Waals surface area contributed by atoms with Crippen molar-refractivity contribution in [2.24, 2.45) is 28.6 Å². The molecule has 6 atom stereocenters. The lowest BCUT2D eigenvalue weighted by Gasteiger charge is -2.58. The van der Waals surface area contributed by atoms with Crippen LogP contribution in [0.2, 0.25) is 0 Å². The fourth-order valence-electron chi connectivity index (χ4n) is 6.77. The summed E-state index contributed by atoms with van der Waals surface area (Å²) in [7, 11) is 0. The van der Waals surface area contributed by atoms with E-state index in [2.05, 4.69) is 26.0 Å². The molecule has 0 aromatic heterocycles. The summed E-state index contributed by atoms with van der Waals surface area (Å²) in [6, 6.07) is 0. The molecule has 4 aliphatic rings. The van der Waals surface area contributed by atoms with E-state index >= 15 is 0 Å². The summed E-state index contributed by atoms with van der Waals surface area (Å²) >= 11 is 0. The number of aliphatic hydroxyl groups excluding tert-OH is 1. The molecule has 4 nitrogen and oxygen atoms in total. The SMILES string of the molecule is CC(=O)OC/C=C1/CCC2C3CCC4=CC(=O)C=CC4(C)C3C(O)CC12C. The topological polar surface area (TPSA) is 63.6 Å². The average Bonchev–Trinajstić information content (AvgIpc) is 2.91. The van der Waals surface area contributed by atoms with Crippen LogP contribution < -0.4 is 0 Å². The Morgan fingerprint density at radius 3 is 2.85 bits per heavy atom. The molecule has 0 radical (unpaired) electrons. The predicted molar refractivity (Wildman–Crippen MR) is 103 cm³/mol. The van der Waals surface area contributed by atoms with Crippen LogP contribution in [0.1, 0.15) is 52.9 Å². The molecule has 0 spiro atoms. The normalized spacial score (nSPS) is 44.4. The number of esters is 1. The van der Waals surface area contributed by atoms with Gasteiger partial charge in [-0.2, -0.15) is 0 Å². The summed E-state index contributed by atoms with van der Waals surface area (Å²) in [4.78, 5) is 22.9. The van der Waals surface area contributed by atoms with Crippen molar-refractivity contribution in [3.05, 3.63) is 35.5 Å². The number of carbonyl (C=O) groups is 2. The van der Waals surface area contributed by atoms with E-state index in [0.717, 1.165) is 32.1 Å². The van der Waals surface area contributed by atoms with E-state index in [9.17, 15) is 14.7 Å². The van der Waals surface area contributed by atoms with Gasteiger partial charge in [0.25, 0.3) is 0 Å². The standard InChI is InChI=1S/C23H30O4/c1-14(24)27-11-9-15-5-7-19-18-6-4-16-12-17(25)8-10-22(16,2)21(18)20(26)13-23(15,19)3/h8-10,12,18-21,26H,4-7,11,13H2,1-3H3/b15-9-. The maximum absolute atomic E-state index is 11.9. The van der Waals surface area contributed by atoms with Gasteiger partial charge in [0.15, 0.2) is 5.78 Å². The van der Waals surface area contributed by atoms with Crippen molar-refractivity contribution in [3.63, 3.8) is 0 Å². The van der Waals surface area contributed by atoms with Gasteiger partial charge in [0.1, 0.15) is 6.61 Å². The Kier molecular flexibility index (Phi) is 4.45. The van der Waals surface area contributed by atoms with Crippen molar-refractivity contribution in [1.29, 1.82) is 0 Å². The van der Waals surface area contributed by atoms with Gasteiger partial charge in [0.2, 0.25) is 0 Å². The first-order valence-corrected chi connectivity index (χ1v) is 10.2. The van der Waals surface area contributed by atoms with Gasteiger partial charge in [-0.1, -0.05) is 31.1 Å². The minimum atomic E-state index is -0.391. The van der Waals surface area contributed by atoms with E-state index in [1.807, 2.05) is 0 Å². The highest BCUT2D eigenvalue weighted by Gasteiger charge is 2.60. The largest absolute Gasteiger partial charge is 0.462 e. The van der Waals surface area contributed by atoms with Gasteiger partial charge in [0, 0.05) is 18.3 Å². The van der Waals surface area contributed by atoms with E-state index in [1.54, 1.807) is 12.2 Å². The van der Waals surface area contributed by atoms with Crippen LogP contribution in [0.25, 0.3) is 0 Å². The molecular weight excluding hydrogens is 340 g/mol. The minimum Gasteiger partial charge on any atom is -0.462 e. The minimum absolute atomic E-state index is 0.0213. The number of fused-ring (bicyclic) bond motifs is 5. The van der Waals surface area contributed by atoms with Crippen molar-refractivity contribution >= 4 is 11.8 Å². The molecule has 1 N–H and O–H groups in total. The van der Waals surface area contributed by atoms with E-state index < -0.39 is 6.10 Å². The molecule has 146 valence electrons. The summed E-state index contributed by atoms with van der Waals surface area (Å²) in [6.07, 6.45) is 12.1. The van der Waals surface area contributed by atoms with Crippen LogP contribution in [-0.4, -0.2) is 29.6 Å². The first-order chi connectivity index (χ1) is 12.8. The molecule has 0 heterocycles. The number of ketones is 1. The second-order valence-electron chi connectivity index (χ2n) is 9.28. The van der Waals surface area contributed by atoms with Crippen molar-refractivity contribution in [2.75, 3.05) is 6.61 Å². The molecule has 3 saturated carbocycles. The fourth-order valence-corrected chi connectivity index (χ4v) is 6.77. The van der Waals surface area contributed by atoms with Gasteiger partial charge in [0.05, 0.1) is 6.10 Å². The van der Waals surface area contributed by atoms with Crippen LogP contribution in [0.3, 0.4) is 0 Å². The lowest BCUT2D eigenvalue weighted by Crippen LogP contribution is -2.55. The van der Waals surface area contributed by atoms with Crippen LogP contribution in [0.5, 0.6) is 0 Å². The third-order valence-corrected chi connectivity index (χ3v) is 7.96. The Balaban J connectivity index is 1.64. The Bertz CT molecular complexity index is 760. The van der Waals surface area contributed by atoms with E-state index in [0.29, 0.717) is 18.4 Å². The first-order valence-electron chi connectivity index (χ1n) is 10.2. The van der Waals surface area contributed by atoms with Crippen molar-refractivity contribution in [2.45, 2.75) is 59.0 Å². The van der Waals surface area contributed by atoms with Crippen molar-refractivity contribution < 1.29 is 19.4 Å². The molecule has 0 bridgehead atoms. The molecule has 0 aromatic rings. The smallest absolute Gasteiger partial charge is 0.302 e. The van der Waals surface area contributed by atoms with E-state index in [4.69, 9.17) is 4.74 Å². The van der Waals surface area contributed by atoms with Crippen LogP contribution in [-0.2, 0) is 14.3 Å². The third kappa shape index (κ3) is 2.84. The van der Waals surface area contributed by atoms with Crippen LogP contribution in [0.15, 0.2) is 35.5 Å². The van der Waals surface area contributed by atoms with Gasteiger partial charge in [-0.25, -0.2) is 0 Å². The Morgan fingerprint density at radius 1 is 1.33 bits per heavy atom.